The minimum absolute atomic E-state index is 0.198. The number of rotatable bonds is 2. The summed E-state index contributed by atoms with van der Waals surface area (Å²) in [6.07, 6.45) is 3.26. The Kier molecular flexibility index (Phi) is 4.11. The molecular formula is C19H16N6OS. The van der Waals surface area contributed by atoms with Gasteiger partial charge in [0.25, 0.3) is 0 Å². The summed E-state index contributed by atoms with van der Waals surface area (Å²) in [6.45, 7) is 3.53. The Morgan fingerprint density at radius 2 is 2.04 bits per heavy atom. The Balaban J connectivity index is 1.79. The molecule has 27 heavy (non-hydrogen) atoms. The fraction of sp³-hybridized carbons (Fsp3) is 0.158. The molecule has 134 valence electrons. The molecule has 1 atom stereocenters. The number of thiazole rings is 1. The van der Waals surface area contributed by atoms with Crippen LogP contribution in [-0.2, 0) is 5.60 Å². The maximum atomic E-state index is 10.5. The molecule has 0 spiro atoms. The molecule has 1 aromatic carbocycles. The van der Waals surface area contributed by atoms with Crippen molar-refractivity contribution < 1.29 is 5.11 Å². The third-order valence-corrected chi connectivity index (χ3v) is 4.99. The van der Waals surface area contributed by atoms with E-state index >= 15 is 0 Å². The Morgan fingerprint density at radius 3 is 2.78 bits per heavy atom. The van der Waals surface area contributed by atoms with E-state index in [0.29, 0.717) is 10.8 Å². The average Bonchev–Trinajstić information content (AvgIpc) is 3.27. The standard InChI is InChI=1S/C19H16N6OS/c1-12-23-14-4-3-13(5-7-19(2,26)17-21-9-10-27-17)11-15(14)25(12)16-6-8-22-18(20)24-16/h3-4,6,8-11,26H,1-2H3,(H2,20,22,24). The van der Waals surface area contributed by atoms with E-state index in [1.54, 1.807) is 25.4 Å². The van der Waals surface area contributed by atoms with Crippen LogP contribution in [0.4, 0.5) is 5.95 Å². The summed E-state index contributed by atoms with van der Waals surface area (Å²) in [5.41, 5.74) is 6.84. The highest BCUT2D eigenvalue weighted by Crippen LogP contribution is 2.23. The number of benzene rings is 1. The second kappa shape index (κ2) is 6.46. The van der Waals surface area contributed by atoms with Crippen LogP contribution in [0.5, 0.6) is 0 Å². The van der Waals surface area contributed by atoms with Gasteiger partial charge in [-0.25, -0.2) is 15.0 Å². The lowest BCUT2D eigenvalue weighted by atomic mass is 10.1. The fourth-order valence-electron chi connectivity index (χ4n) is 2.76. The highest BCUT2D eigenvalue weighted by molar-refractivity contribution is 7.09. The molecule has 1 unspecified atom stereocenters. The first-order valence-corrected chi connectivity index (χ1v) is 9.05. The molecule has 0 saturated carbocycles. The largest absolute Gasteiger partial charge is 0.371 e. The molecule has 0 amide bonds. The normalized spacial score (nSPS) is 13.1. The van der Waals surface area contributed by atoms with Gasteiger partial charge in [-0.2, -0.15) is 4.98 Å². The van der Waals surface area contributed by atoms with Crippen molar-refractivity contribution in [2.75, 3.05) is 5.73 Å². The summed E-state index contributed by atoms with van der Waals surface area (Å²) in [5.74, 6) is 7.55. The number of imidazole rings is 1. The van der Waals surface area contributed by atoms with E-state index in [0.717, 1.165) is 22.4 Å². The molecule has 0 aliphatic heterocycles. The van der Waals surface area contributed by atoms with E-state index in [1.807, 2.05) is 35.1 Å². The van der Waals surface area contributed by atoms with Crippen LogP contribution in [0.15, 0.2) is 42.0 Å². The van der Waals surface area contributed by atoms with Crippen molar-refractivity contribution in [2.24, 2.45) is 0 Å². The zero-order chi connectivity index (χ0) is 19.0. The van der Waals surface area contributed by atoms with Gasteiger partial charge in [0.05, 0.1) is 11.0 Å². The molecule has 0 aliphatic rings. The third kappa shape index (κ3) is 3.26. The minimum atomic E-state index is -1.31. The van der Waals surface area contributed by atoms with Gasteiger partial charge >= 0.3 is 0 Å². The zero-order valence-corrected chi connectivity index (χ0v) is 15.5. The molecule has 7 nitrogen and oxygen atoms in total. The Labute approximate surface area is 159 Å². The molecular weight excluding hydrogens is 360 g/mol. The Bertz CT molecular complexity index is 1180. The number of anilines is 1. The van der Waals surface area contributed by atoms with Gasteiger partial charge < -0.3 is 10.8 Å². The lowest BCUT2D eigenvalue weighted by molar-refractivity contribution is 0.122. The molecule has 4 rings (SSSR count). The predicted octanol–water partition coefficient (Wildman–Crippen LogP) is 2.42. The zero-order valence-electron chi connectivity index (χ0n) is 14.7. The number of aliphatic hydroxyl groups is 1. The van der Waals surface area contributed by atoms with Gasteiger partial charge in [-0.3, -0.25) is 4.57 Å². The predicted molar refractivity (Wildman–Crippen MR) is 104 cm³/mol. The first-order valence-electron chi connectivity index (χ1n) is 8.17. The highest BCUT2D eigenvalue weighted by atomic mass is 32.1. The first kappa shape index (κ1) is 17.1. The quantitative estimate of drug-likeness (QED) is 0.521. The number of aryl methyl sites for hydroxylation is 1. The van der Waals surface area contributed by atoms with Crippen LogP contribution in [0.1, 0.15) is 23.3 Å². The fourth-order valence-corrected chi connectivity index (χ4v) is 3.42. The average molecular weight is 376 g/mol. The van der Waals surface area contributed by atoms with Crippen molar-refractivity contribution in [3.8, 4) is 17.7 Å². The number of aromatic nitrogens is 5. The van der Waals surface area contributed by atoms with Crippen LogP contribution in [0, 0.1) is 18.8 Å². The van der Waals surface area contributed by atoms with Gasteiger partial charge in [0.15, 0.2) is 5.60 Å². The minimum Gasteiger partial charge on any atom is -0.371 e. The summed E-state index contributed by atoms with van der Waals surface area (Å²) in [4.78, 5) is 16.9. The smallest absolute Gasteiger partial charge is 0.221 e. The third-order valence-electron chi connectivity index (χ3n) is 4.01. The van der Waals surface area contributed by atoms with Crippen molar-refractivity contribution >= 4 is 28.3 Å². The summed E-state index contributed by atoms with van der Waals surface area (Å²) in [6, 6.07) is 7.46. The van der Waals surface area contributed by atoms with Crippen molar-refractivity contribution in [3.63, 3.8) is 0 Å². The summed E-state index contributed by atoms with van der Waals surface area (Å²) < 4.78 is 1.90. The van der Waals surface area contributed by atoms with E-state index in [2.05, 4.69) is 31.8 Å². The van der Waals surface area contributed by atoms with Gasteiger partial charge in [-0.15, -0.1) is 11.3 Å². The maximum absolute atomic E-state index is 10.5. The van der Waals surface area contributed by atoms with E-state index in [4.69, 9.17) is 5.73 Å². The first-order chi connectivity index (χ1) is 12.9. The van der Waals surface area contributed by atoms with Crippen LogP contribution in [0.25, 0.3) is 16.9 Å². The molecule has 0 radical (unpaired) electrons. The number of fused-ring (bicyclic) bond motifs is 1. The van der Waals surface area contributed by atoms with Gasteiger partial charge in [0.2, 0.25) is 5.95 Å². The summed E-state index contributed by atoms with van der Waals surface area (Å²) in [5, 5.41) is 12.9. The van der Waals surface area contributed by atoms with Crippen LogP contribution in [0.2, 0.25) is 0 Å². The van der Waals surface area contributed by atoms with Gasteiger partial charge in [-0.1, -0.05) is 11.8 Å². The van der Waals surface area contributed by atoms with Crippen LogP contribution < -0.4 is 5.73 Å². The van der Waals surface area contributed by atoms with Crippen molar-refractivity contribution in [1.82, 2.24) is 24.5 Å². The van der Waals surface area contributed by atoms with E-state index in [1.165, 1.54) is 11.3 Å². The summed E-state index contributed by atoms with van der Waals surface area (Å²) in [7, 11) is 0. The van der Waals surface area contributed by atoms with Crippen LogP contribution in [-0.4, -0.2) is 29.6 Å². The number of hydrogen-bond donors (Lipinski definition) is 2. The lowest BCUT2D eigenvalue weighted by Gasteiger charge is -2.11. The van der Waals surface area contributed by atoms with Crippen LogP contribution in [0.3, 0.4) is 0 Å². The molecule has 4 aromatic rings. The molecule has 0 aliphatic carbocycles. The second-order valence-corrected chi connectivity index (χ2v) is 7.02. The summed E-state index contributed by atoms with van der Waals surface area (Å²) >= 11 is 1.37. The topological polar surface area (TPSA) is 103 Å². The number of nitrogens with two attached hydrogens (primary N) is 1. The second-order valence-electron chi connectivity index (χ2n) is 6.13. The van der Waals surface area contributed by atoms with Gasteiger partial charge in [-0.05, 0) is 38.1 Å². The van der Waals surface area contributed by atoms with E-state index in [-0.39, 0.29) is 5.95 Å². The monoisotopic (exact) mass is 376 g/mol. The SMILES string of the molecule is Cc1nc2ccc(C#CC(C)(O)c3nccs3)cc2n1-c1ccnc(N)n1. The number of hydrogen-bond acceptors (Lipinski definition) is 7. The maximum Gasteiger partial charge on any atom is 0.221 e. The van der Waals surface area contributed by atoms with Crippen LogP contribution >= 0.6 is 11.3 Å². The van der Waals surface area contributed by atoms with E-state index < -0.39 is 5.60 Å². The Hall–Kier alpha value is -3.28. The van der Waals surface area contributed by atoms with Gasteiger partial charge in [0.1, 0.15) is 16.6 Å². The van der Waals surface area contributed by atoms with Crippen molar-refractivity contribution in [1.29, 1.82) is 0 Å². The molecule has 0 fully saturated rings. The molecule has 3 N–H and O–H groups in total. The number of nitrogen functional groups attached to an aromatic ring is 1. The highest BCUT2D eigenvalue weighted by Gasteiger charge is 2.22. The molecule has 3 heterocycles. The van der Waals surface area contributed by atoms with Gasteiger partial charge in [0, 0.05) is 23.3 Å². The van der Waals surface area contributed by atoms with E-state index in [9.17, 15) is 5.11 Å². The molecule has 3 aromatic heterocycles. The van der Waals surface area contributed by atoms with Crippen molar-refractivity contribution in [3.05, 3.63) is 58.4 Å². The Morgan fingerprint density at radius 1 is 1.19 bits per heavy atom. The van der Waals surface area contributed by atoms with Crippen molar-refractivity contribution in [2.45, 2.75) is 19.4 Å². The molecule has 8 heteroatoms. The molecule has 0 bridgehead atoms. The lowest BCUT2D eigenvalue weighted by Crippen LogP contribution is -2.17. The number of nitrogens with zero attached hydrogens (tertiary/aromatic N) is 5. The molecule has 0 saturated heterocycles.